The van der Waals surface area contributed by atoms with Gasteiger partial charge < -0.3 is 19.7 Å². The summed E-state index contributed by atoms with van der Waals surface area (Å²) in [6, 6.07) is 20.3. The van der Waals surface area contributed by atoms with Crippen molar-refractivity contribution in [2.24, 2.45) is 0 Å². The number of benzene rings is 3. The van der Waals surface area contributed by atoms with E-state index in [1.807, 2.05) is 48.5 Å². The molecule has 1 fully saturated rings. The molecule has 216 valence electrons. The van der Waals surface area contributed by atoms with Crippen LogP contribution in [-0.4, -0.2) is 42.0 Å². The van der Waals surface area contributed by atoms with Crippen molar-refractivity contribution in [3.63, 3.8) is 0 Å². The van der Waals surface area contributed by atoms with Crippen LogP contribution in [0.3, 0.4) is 0 Å². The van der Waals surface area contributed by atoms with Crippen LogP contribution in [0.15, 0.2) is 66.7 Å². The van der Waals surface area contributed by atoms with Gasteiger partial charge in [-0.2, -0.15) is 0 Å². The summed E-state index contributed by atoms with van der Waals surface area (Å²) in [5.41, 5.74) is 2.57. The monoisotopic (exact) mass is 594 g/mol. The Bertz CT molecular complexity index is 1320. The molecule has 1 atom stereocenters. The lowest BCUT2D eigenvalue weighted by molar-refractivity contribution is -0.141. The fourth-order valence-electron chi connectivity index (χ4n) is 5.59. The number of carbonyl (C=O) groups excluding carboxylic acids is 2. The fourth-order valence-corrected chi connectivity index (χ4v) is 6.11. The second kappa shape index (κ2) is 14.1. The highest BCUT2D eigenvalue weighted by molar-refractivity contribution is 6.36. The van der Waals surface area contributed by atoms with Gasteiger partial charge in [0.1, 0.15) is 19.3 Å². The minimum Gasteiger partial charge on any atom is -0.486 e. The zero-order chi connectivity index (χ0) is 28.6. The van der Waals surface area contributed by atoms with E-state index in [2.05, 4.69) is 5.32 Å². The molecule has 1 N–H and O–H groups in total. The van der Waals surface area contributed by atoms with Crippen LogP contribution in [0.25, 0.3) is 0 Å². The van der Waals surface area contributed by atoms with Gasteiger partial charge in [-0.25, -0.2) is 0 Å². The van der Waals surface area contributed by atoms with Gasteiger partial charge in [0.15, 0.2) is 11.5 Å². The van der Waals surface area contributed by atoms with Crippen molar-refractivity contribution >= 4 is 35.0 Å². The maximum absolute atomic E-state index is 14.1. The average molecular weight is 596 g/mol. The molecule has 1 saturated carbocycles. The van der Waals surface area contributed by atoms with E-state index in [4.69, 9.17) is 32.7 Å². The van der Waals surface area contributed by atoms with Gasteiger partial charge in [-0.3, -0.25) is 9.59 Å². The first-order valence-corrected chi connectivity index (χ1v) is 15.2. The number of hydrogen-bond donors (Lipinski definition) is 1. The highest BCUT2D eigenvalue weighted by Gasteiger charge is 2.32. The molecule has 1 aliphatic carbocycles. The van der Waals surface area contributed by atoms with Crippen LogP contribution >= 0.6 is 23.2 Å². The molecule has 2 amide bonds. The molecule has 3 aromatic carbocycles. The summed E-state index contributed by atoms with van der Waals surface area (Å²) < 4.78 is 11.4. The quantitative estimate of drug-likeness (QED) is 0.281. The Kier molecular flexibility index (Phi) is 10.1. The largest absolute Gasteiger partial charge is 0.486 e. The average Bonchev–Trinajstić information content (AvgIpc) is 3.00. The second-order valence-electron chi connectivity index (χ2n) is 10.7. The molecular formula is C33H36Cl2N2O4. The van der Waals surface area contributed by atoms with Crippen LogP contribution in [0.1, 0.15) is 55.2 Å². The highest BCUT2D eigenvalue weighted by atomic mass is 35.5. The van der Waals surface area contributed by atoms with Crippen LogP contribution in [0, 0.1) is 0 Å². The molecule has 1 heterocycles. The zero-order valence-corrected chi connectivity index (χ0v) is 24.6. The first-order chi connectivity index (χ1) is 20.0. The third-order valence-corrected chi connectivity index (χ3v) is 8.56. The Balaban J connectivity index is 1.42. The Morgan fingerprint density at radius 1 is 0.854 bits per heavy atom. The van der Waals surface area contributed by atoms with E-state index in [-0.39, 0.29) is 30.8 Å². The summed E-state index contributed by atoms with van der Waals surface area (Å²) in [5, 5.41) is 4.20. The van der Waals surface area contributed by atoms with Crippen LogP contribution in [0.2, 0.25) is 10.0 Å². The number of hydrogen-bond acceptors (Lipinski definition) is 4. The summed E-state index contributed by atoms with van der Waals surface area (Å²) >= 11 is 13.1. The van der Waals surface area contributed by atoms with E-state index in [0.29, 0.717) is 53.2 Å². The minimum atomic E-state index is -0.723. The van der Waals surface area contributed by atoms with Gasteiger partial charge in [0, 0.05) is 41.0 Å². The summed E-state index contributed by atoms with van der Waals surface area (Å²) in [6.07, 6.45) is 6.39. The van der Waals surface area contributed by atoms with E-state index < -0.39 is 6.04 Å². The number of nitrogens with zero attached hydrogens (tertiary/aromatic N) is 1. The van der Waals surface area contributed by atoms with Crippen LogP contribution in [0.5, 0.6) is 11.5 Å². The summed E-state index contributed by atoms with van der Waals surface area (Å²) in [6.45, 7) is 1.16. The molecule has 2 aliphatic rings. The molecular weight excluding hydrogens is 559 g/mol. The molecule has 0 aromatic heterocycles. The van der Waals surface area contributed by atoms with E-state index in [1.54, 1.807) is 23.1 Å². The molecule has 5 rings (SSSR count). The molecule has 1 aliphatic heterocycles. The van der Waals surface area contributed by atoms with Gasteiger partial charge in [-0.05, 0) is 54.7 Å². The summed E-state index contributed by atoms with van der Waals surface area (Å²) in [5.74, 6) is 1.12. The molecule has 8 heteroatoms. The lowest BCUT2D eigenvalue weighted by Crippen LogP contribution is -2.53. The summed E-state index contributed by atoms with van der Waals surface area (Å²) in [7, 11) is 0. The van der Waals surface area contributed by atoms with Crippen LogP contribution < -0.4 is 14.8 Å². The lowest BCUT2D eigenvalue weighted by atomic mass is 9.94. The van der Waals surface area contributed by atoms with Gasteiger partial charge in [0.25, 0.3) is 0 Å². The summed E-state index contributed by atoms with van der Waals surface area (Å²) in [4.78, 5) is 29.7. The van der Waals surface area contributed by atoms with Crippen LogP contribution in [-0.2, 0) is 29.0 Å². The van der Waals surface area contributed by atoms with Crippen molar-refractivity contribution in [3.8, 4) is 11.5 Å². The molecule has 0 saturated heterocycles. The van der Waals surface area contributed by atoms with E-state index in [1.165, 1.54) is 6.42 Å². The number of fused-ring (bicyclic) bond motifs is 1. The maximum atomic E-state index is 14.1. The molecule has 6 nitrogen and oxygen atoms in total. The predicted molar refractivity (Wildman–Crippen MR) is 162 cm³/mol. The van der Waals surface area contributed by atoms with Gasteiger partial charge in [0.2, 0.25) is 11.8 Å². The van der Waals surface area contributed by atoms with Crippen molar-refractivity contribution in [3.05, 3.63) is 93.5 Å². The van der Waals surface area contributed by atoms with E-state index in [0.717, 1.165) is 36.8 Å². The first kappa shape index (κ1) is 29.3. The number of halogens is 2. The lowest BCUT2D eigenvalue weighted by Gasteiger charge is -2.34. The number of carbonyl (C=O) groups is 2. The van der Waals surface area contributed by atoms with Gasteiger partial charge >= 0.3 is 0 Å². The van der Waals surface area contributed by atoms with Crippen LogP contribution in [0.4, 0.5) is 0 Å². The number of rotatable bonds is 10. The normalized spacial score (nSPS) is 15.7. The smallest absolute Gasteiger partial charge is 0.243 e. The molecule has 0 bridgehead atoms. The van der Waals surface area contributed by atoms with Crippen molar-refractivity contribution < 1.29 is 19.1 Å². The van der Waals surface area contributed by atoms with Gasteiger partial charge in [0.05, 0.1) is 0 Å². The minimum absolute atomic E-state index is 0.119. The SMILES string of the molecule is O=C(NC1CCCCC1)C(Cc1ccccc1)N(Cc1c(Cl)cccc1Cl)C(=O)CCc1ccc2c(c1)OCCO2. The molecule has 1 unspecified atom stereocenters. The second-order valence-corrected chi connectivity index (χ2v) is 11.6. The van der Waals surface area contributed by atoms with Gasteiger partial charge in [-0.1, -0.05) is 84.9 Å². The molecule has 3 aromatic rings. The zero-order valence-electron chi connectivity index (χ0n) is 23.1. The Morgan fingerprint density at radius 2 is 1.56 bits per heavy atom. The Hall–Kier alpha value is -3.22. The molecule has 0 radical (unpaired) electrons. The Labute approximate surface area is 251 Å². The maximum Gasteiger partial charge on any atom is 0.243 e. The number of ether oxygens (including phenoxy) is 2. The van der Waals surface area contributed by atoms with Crippen molar-refractivity contribution in [1.82, 2.24) is 10.2 Å². The first-order valence-electron chi connectivity index (χ1n) is 14.4. The fraction of sp³-hybridized carbons (Fsp3) is 0.394. The van der Waals surface area contributed by atoms with Crippen molar-refractivity contribution in [2.45, 2.75) is 70.0 Å². The number of aryl methyl sites for hydroxylation is 1. The predicted octanol–water partition coefficient (Wildman–Crippen LogP) is 6.79. The third kappa shape index (κ3) is 7.75. The molecule has 41 heavy (non-hydrogen) atoms. The van der Waals surface area contributed by atoms with Crippen molar-refractivity contribution in [2.75, 3.05) is 13.2 Å². The Morgan fingerprint density at radius 3 is 2.29 bits per heavy atom. The molecule has 0 spiro atoms. The highest BCUT2D eigenvalue weighted by Crippen LogP contribution is 2.32. The van der Waals surface area contributed by atoms with Crippen molar-refractivity contribution in [1.29, 1.82) is 0 Å². The standard InChI is InChI=1S/C33H36Cl2N2O4/c34-27-12-7-13-28(35)26(27)22-37(32(38)17-15-24-14-16-30-31(21-24)41-19-18-40-30)29(20-23-8-3-1-4-9-23)33(39)36-25-10-5-2-6-11-25/h1,3-4,7-9,12-14,16,21,25,29H,2,5-6,10-11,15,17-20,22H2,(H,36,39). The number of nitrogens with one attached hydrogen (secondary N) is 1. The van der Waals surface area contributed by atoms with E-state index in [9.17, 15) is 9.59 Å². The van der Waals surface area contributed by atoms with E-state index >= 15 is 0 Å². The number of amides is 2. The van der Waals surface area contributed by atoms with Gasteiger partial charge in [-0.15, -0.1) is 0 Å². The third-order valence-electron chi connectivity index (χ3n) is 7.85. The topological polar surface area (TPSA) is 67.9 Å².